The van der Waals surface area contributed by atoms with Crippen molar-refractivity contribution in [3.8, 4) is 0 Å². The van der Waals surface area contributed by atoms with Gasteiger partial charge in [0.2, 0.25) is 0 Å². The second-order valence-electron chi connectivity index (χ2n) is 55.4. The van der Waals surface area contributed by atoms with Crippen molar-refractivity contribution in [2.24, 2.45) is 23.7 Å². The predicted molar refractivity (Wildman–Crippen MR) is 582 cm³/mol. The van der Waals surface area contributed by atoms with Gasteiger partial charge in [0.25, 0.3) is 0 Å². The van der Waals surface area contributed by atoms with E-state index in [4.69, 9.17) is 0 Å². The molecule has 3 spiro atoms. The summed E-state index contributed by atoms with van der Waals surface area (Å²) in [6, 6.07) is 3.59. The van der Waals surface area contributed by atoms with Crippen LogP contribution in [-0.2, 0) is 0 Å². The van der Waals surface area contributed by atoms with Gasteiger partial charge in [-0.3, -0.25) is 0 Å². The molecule has 0 radical (unpaired) electrons. The Balaban J connectivity index is 0.000000277. The fourth-order valence-corrected chi connectivity index (χ4v) is 112. The summed E-state index contributed by atoms with van der Waals surface area (Å²) in [5.74, 6) is 3.37. The Morgan fingerprint density at radius 1 is 0.302 bits per heavy atom. The normalized spacial score (nSPS) is 29.4. The van der Waals surface area contributed by atoms with Gasteiger partial charge in [0.05, 0.1) is 0 Å². The van der Waals surface area contributed by atoms with Crippen molar-refractivity contribution in [1.82, 2.24) is 63.0 Å². The quantitative estimate of drug-likeness (QED) is 0.164. The van der Waals surface area contributed by atoms with Gasteiger partial charge in [0, 0.05) is 0 Å². The molecule has 4 atom stereocenters. The molecule has 9 heterocycles. The Hall–Kier alpha value is 4.11. The minimum absolute atomic E-state index is 0.202. The van der Waals surface area contributed by atoms with Crippen molar-refractivity contribution in [2.75, 3.05) is 107 Å². The number of nitrogens with zero attached hydrogens (tertiary/aromatic N) is 20. The van der Waals surface area contributed by atoms with E-state index in [0.29, 0.717) is 91.5 Å². The third-order valence-corrected chi connectivity index (χ3v) is 115. The topological polar surface area (TPSA) is 64.8 Å². The van der Waals surface area contributed by atoms with E-state index in [0.717, 1.165) is 27.5 Å². The van der Waals surface area contributed by atoms with Crippen LogP contribution in [0, 0.1) is 23.7 Å². The molecule has 9 aliphatic heterocycles. The molecule has 10 aliphatic rings. The van der Waals surface area contributed by atoms with E-state index in [9.17, 15) is 0 Å². The molecule has 10 rings (SSSR count). The molecule has 20 nitrogen and oxygen atoms in total. The van der Waals surface area contributed by atoms with Crippen molar-refractivity contribution in [3.63, 3.8) is 0 Å². The first kappa shape index (κ1) is 124. The van der Waals surface area contributed by atoms with Gasteiger partial charge in [-0.25, -0.2) is 0 Å². The van der Waals surface area contributed by atoms with Crippen molar-refractivity contribution in [2.45, 2.75) is 542 Å². The van der Waals surface area contributed by atoms with Gasteiger partial charge in [0.1, 0.15) is 0 Å². The van der Waals surface area contributed by atoms with Crippen molar-refractivity contribution >= 4 is 122 Å². The summed E-state index contributed by atoms with van der Waals surface area (Å²) in [4.78, 5) is 2.42. The maximum atomic E-state index is 3.04. The molecule has 0 aromatic carbocycles. The SMILES string of the molecule is CC(C)[N]1C(C)[N](C(C)C)[SbH]12[N](C(C)(C)C)CC[N]2C(C)(C)C.CC(C)[N]1C(N(C)C)[N](C(C)C)[SbH]12[N](C(C)(C)C)CC[N]2C(C)(C)C.CC1C(C)C(C)[C](C)([Sb]2[N](C(C)(C)C)CC[N]2C(C)(C)C)C1C.CCCCC1[N](C(C)C)[SbH]2([N]1C(C)C)[N](C(C)(C)C)CC[N]2C(C)(C)C.C[CH](C)[Sb]1[N](C(C)(C)C)CC[N]1C(C)(C)C.C[N](C)[Sb]1[N](C(C)(C)C)CC[N]1C(C)(C)C. The average molecular weight is 2480 g/mol. The first-order valence-corrected chi connectivity index (χ1v) is 78.4. The van der Waals surface area contributed by atoms with Crippen molar-refractivity contribution in [1.29, 1.82) is 0 Å². The zero-order valence-corrected chi connectivity index (χ0v) is 114. The fraction of sp³-hybridized carbons (Fsp3) is 1.00. The molecule has 4 unspecified atom stereocenters. The standard InChI is InChI=1S/C11H24N2.6C10H22N2.C10H19.C9H21N3.C8H18N2.C3H7.C2H6N.6Sb.3H/c1-6-7-8-11(12-9(2)3)13-10(4)5;6*1-9(2,3)11-7-8-12-10(4,5)6;1-6-7(2)9(4)10(5)8(6)3;1-7(2)10-9(12(5)6)11-8(3)4;1-6(2)9-8(5)10-7(3)4;2*1-3-2;;;;;;;;;/h9-11H,6-8H2,1-5H3;6*7-8H2,1-6H3;6-9H,1-5H3;7-9H,1-6H3;6-8H,1-5H3;3H,1-2H3;1-2H3;;;;;;;;;/q7*-2;;2*-2;;-1;2*+2;+3;3*+4;;;. The van der Waals surface area contributed by atoms with E-state index in [1.54, 1.807) is 0 Å². The molecule has 10 fully saturated rings. The molecule has 0 aromatic heterocycles. The molecule has 9 saturated heterocycles. The second kappa shape index (κ2) is 44.4. The van der Waals surface area contributed by atoms with Crippen LogP contribution in [0.15, 0.2) is 0 Å². The summed E-state index contributed by atoms with van der Waals surface area (Å²) >= 11 is -14.2. The zero-order valence-electron chi connectivity index (χ0n) is 98.0. The van der Waals surface area contributed by atoms with E-state index in [-0.39, 0.29) is 33.2 Å². The van der Waals surface area contributed by atoms with Gasteiger partial charge in [-0.05, 0) is 0 Å². The summed E-state index contributed by atoms with van der Waals surface area (Å²) in [5, 5.41) is 0. The Kier molecular flexibility index (Phi) is 42.6. The van der Waals surface area contributed by atoms with E-state index in [2.05, 4.69) is 486 Å². The molecule has 1 saturated carbocycles. The Morgan fingerprint density at radius 2 is 0.519 bits per heavy atom. The van der Waals surface area contributed by atoms with Crippen molar-refractivity contribution in [3.05, 3.63) is 0 Å². The molecule has 0 aromatic rings. The third kappa shape index (κ3) is 25.5. The summed E-state index contributed by atoms with van der Waals surface area (Å²) in [7, 11) is 9.00. The molecular formula is C103H230N20Sb6. The number of unbranched alkanes of at least 4 members (excludes halogenated alkanes) is 1. The van der Waals surface area contributed by atoms with Gasteiger partial charge in [-0.15, -0.1) is 0 Å². The van der Waals surface area contributed by atoms with Crippen LogP contribution >= 0.6 is 0 Å². The van der Waals surface area contributed by atoms with E-state index < -0.39 is 122 Å². The molecule has 1 aliphatic carbocycles. The van der Waals surface area contributed by atoms with Crippen molar-refractivity contribution < 1.29 is 0 Å². The van der Waals surface area contributed by atoms with Crippen LogP contribution in [0.4, 0.5) is 0 Å². The Morgan fingerprint density at radius 3 is 0.713 bits per heavy atom. The molecule has 0 bridgehead atoms. The first-order chi connectivity index (χ1) is 57.6. The fourth-order valence-electron chi connectivity index (χ4n) is 25.0. The summed E-state index contributed by atoms with van der Waals surface area (Å²) in [6.07, 6.45) is 5.58. The molecule has 129 heavy (non-hydrogen) atoms. The molecule has 0 N–H and O–H groups in total. The summed E-state index contributed by atoms with van der Waals surface area (Å²) in [5.41, 5.74) is 3.27. The third-order valence-electron chi connectivity index (χ3n) is 30.4. The monoisotopic (exact) mass is 2470 g/mol. The van der Waals surface area contributed by atoms with Crippen LogP contribution in [0.25, 0.3) is 0 Å². The van der Waals surface area contributed by atoms with Crippen LogP contribution in [0.2, 0.25) is 7.23 Å². The molecule has 26 heteroatoms. The first-order valence-electron chi connectivity index (χ1n) is 52.4. The van der Waals surface area contributed by atoms with Gasteiger partial charge >= 0.3 is 858 Å². The van der Waals surface area contributed by atoms with Gasteiger partial charge < -0.3 is 0 Å². The van der Waals surface area contributed by atoms with Gasteiger partial charge in [-0.1, -0.05) is 0 Å². The van der Waals surface area contributed by atoms with E-state index in [1.165, 1.54) is 97.8 Å². The minimum atomic E-state index is -3.14. The Labute approximate surface area is 848 Å². The maximum absolute atomic E-state index is 3.14. The summed E-state index contributed by atoms with van der Waals surface area (Å²) in [6.45, 7) is 153. The van der Waals surface area contributed by atoms with Crippen LogP contribution in [0.1, 0.15) is 414 Å². The second-order valence-corrected chi connectivity index (χ2v) is 105. The van der Waals surface area contributed by atoms with Crippen LogP contribution in [0.5, 0.6) is 0 Å². The van der Waals surface area contributed by atoms with E-state index in [1.807, 2.05) is 0 Å². The number of rotatable bonds is 13. The van der Waals surface area contributed by atoms with E-state index >= 15 is 0 Å². The zero-order chi connectivity index (χ0) is 101. The molecule has 0 amide bonds. The average Bonchev–Trinajstić information content (AvgIpc) is 1.59. The van der Waals surface area contributed by atoms with Gasteiger partial charge in [-0.2, -0.15) is 0 Å². The number of hydrogen-bond donors (Lipinski definition) is 0. The number of hydrogen-bond acceptors (Lipinski definition) is 20. The van der Waals surface area contributed by atoms with Crippen LogP contribution < -0.4 is 0 Å². The predicted octanol–water partition coefficient (Wildman–Crippen LogP) is 20.0. The molecular weight excluding hydrogens is 2250 g/mol. The molecule has 772 valence electrons. The van der Waals surface area contributed by atoms with Crippen LogP contribution in [0.3, 0.4) is 0 Å². The Bertz CT molecular complexity index is 3180. The summed E-state index contributed by atoms with van der Waals surface area (Å²) < 4.78 is 56.6. The van der Waals surface area contributed by atoms with Gasteiger partial charge in [0.15, 0.2) is 0 Å². The van der Waals surface area contributed by atoms with Crippen LogP contribution in [-0.4, -0.2) is 413 Å².